The zero-order chi connectivity index (χ0) is 19.3. The third-order valence-corrected chi connectivity index (χ3v) is 6.83. The van der Waals surface area contributed by atoms with Crippen molar-refractivity contribution in [2.75, 3.05) is 23.9 Å². The molecule has 0 aliphatic carbocycles. The van der Waals surface area contributed by atoms with Crippen molar-refractivity contribution in [3.63, 3.8) is 0 Å². The van der Waals surface area contributed by atoms with E-state index in [1.165, 1.54) is 16.4 Å². The third kappa shape index (κ3) is 4.33. The number of hydrogen-bond acceptors (Lipinski definition) is 3. The van der Waals surface area contributed by atoms with Crippen LogP contribution in [0.5, 0.6) is 0 Å². The Balaban J connectivity index is 1.82. The molecule has 0 aromatic heterocycles. The number of amides is 1. The van der Waals surface area contributed by atoms with E-state index in [2.05, 4.69) is 0 Å². The molecular formula is C21H26N2O3S. The summed E-state index contributed by atoms with van der Waals surface area (Å²) < 4.78 is 27.4. The Morgan fingerprint density at radius 1 is 0.926 bits per heavy atom. The van der Waals surface area contributed by atoms with E-state index in [0.717, 1.165) is 38.8 Å². The van der Waals surface area contributed by atoms with Gasteiger partial charge in [-0.1, -0.05) is 31.0 Å². The van der Waals surface area contributed by atoms with Gasteiger partial charge in [-0.2, -0.15) is 0 Å². The van der Waals surface area contributed by atoms with Crippen LogP contribution in [0, 0.1) is 0 Å². The molecule has 0 N–H and O–H groups in total. The molecule has 0 spiro atoms. The fourth-order valence-corrected chi connectivity index (χ4v) is 4.91. The van der Waals surface area contributed by atoms with Crippen molar-refractivity contribution in [1.29, 1.82) is 0 Å². The van der Waals surface area contributed by atoms with Crippen molar-refractivity contribution in [2.45, 2.75) is 37.5 Å². The molecule has 1 aliphatic rings. The number of likely N-dealkylation sites (tertiary alicyclic amines) is 1. The van der Waals surface area contributed by atoms with Gasteiger partial charge < -0.3 is 4.90 Å². The highest BCUT2D eigenvalue weighted by Crippen LogP contribution is 2.24. The summed E-state index contributed by atoms with van der Waals surface area (Å²) >= 11 is 0. The molecule has 1 amide bonds. The number of carbonyl (C=O) groups excluding carboxylic acids is 1. The first kappa shape index (κ1) is 19.4. The van der Waals surface area contributed by atoms with Crippen molar-refractivity contribution in [1.82, 2.24) is 4.90 Å². The second-order valence-electron chi connectivity index (χ2n) is 6.74. The van der Waals surface area contributed by atoms with Gasteiger partial charge in [-0.05, 0) is 56.2 Å². The molecule has 1 heterocycles. The Bertz CT molecular complexity index is 856. The maximum absolute atomic E-state index is 13.0. The minimum Gasteiger partial charge on any atom is -0.339 e. The summed E-state index contributed by atoms with van der Waals surface area (Å²) in [5, 5.41) is 0. The molecule has 6 heteroatoms. The summed E-state index contributed by atoms with van der Waals surface area (Å²) in [4.78, 5) is 14.8. The number of para-hydroxylation sites is 1. The molecule has 2 aromatic carbocycles. The van der Waals surface area contributed by atoms with Gasteiger partial charge in [0.1, 0.15) is 0 Å². The van der Waals surface area contributed by atoms with E-state index in [9.17, 15) is 13.2 Å². The van der Waals surface area contributed by atoms with Gasteiger partial charge in [-0.15, -0.1) is 0 Å². The number of hydrogen-bond donors (Lipinski definition) is 0. The number of anilines is 1. The smallest absolute Gasteiger partial charge is 0.264 e. The molecule has 3 rings (SSSR count). The van der Waals surface area contributed by atoms with Gasteiger partial charge >= 0.3 is 0 Å². The maximum atomic E-state index is 13.0. The zero-order valence-electron chi connectivity index (χ0n) is 15.7. The molecule has 1 saturated heterocycles. The first-order chi connectivity index (χ1) is 13.0. The van der Waals surface area contributed by atoms with Gasteiger partial charge in [0, 0.05) is 25.2 Å². The van der Waals surface area contributed by atoms with E-state index in [1.54, 1.807) is 24.3 Å². The molecule has 0 atom stereocenters. The van der Waals surface area contributed by atoms with Crippen LogP contribution in [0.1, 0.15) is 43.0 Å². The minimum absolute atomic E-state index is 0.0174. The van der Waals surface area contributed by atoms with E-state index in [1.807, 2.05) is 30.0 Å². The molecular weight excluding hydrogens is 360 g/mol. The second kappa shape index (κ2) is 8.57. The van der Waals surface area contributed by atoms with E-state index < -0.39 is 10.0 Å². The lowest BCUT2D eigenvalue weighted by Crippen LogP contribution is -2.32. The topological polar surface area (TPSA) is 57.7 Å². The highest BCUT2D eigenvalue weighted by Gasteiger charge is 2.24. The number of benzene rings is 2. The number of nitrogens with zero attached hydrogens (tertiary/aromatic N) is 2. The van der Waals surface area contributed by atoms with Crippen LogP contribution in [0.2, 0.25) is 0 Å². The van der Waals surface area contributed by atoms with Gasteiger partial charge in [0.15, 0.2) is 0 Å². The molecule has 27 heavy (non-hydrogen) atoms. The predicted molar refractivity (Wildman–Crippen MR) is 107 cm³/mol. The molecule has 144 valence electrons. The molecule has 2 aromatic rings. The average Bonchev–Trinajstić information content (AvgIpc) is 2.98. The van der Waals surface area contributed by atoms with E-state index in [4.69, 9.17) is 0 Å². The van der Waals surface area contributed by atoms with Crippen molar-refractivity contribution in [3.8, 4) is 0 Å². The highest BCUT2D eigenvalue weighted by atomic mass is 32.2. The van der Waals surface area contributed by atoms with Crippen LogP contribution in [-0.2, 0) is 10.0 Å². The van der Waals surface area contributed by atoms with Crippen LogP contribution in [0.25, 0.3) is 0 Å². The molecule has 0 saturated carbocycles. The summed E-state index contributed by atoms with van der Waals surface area (Å²) in [6.45, 7) is 3.69. The van der Waals surface area contributed by atoms with Gasteiger partial charge in [0.25, 0.3) is 15.9 Å². The Labute approximate surface area is 161 Å². The van der Waals surface area contributed by atoms with Crippen molar-refractivity contribution < 1.29 is 13.2 Å². The second-order valence-corrected chi connectivity index (χ2v) is 8.60. The molecule has 0 radical (unpaired) electrons. The van der Waals surface area contributed by atoms with Gasteiger partial charge in [-0.25, -0.2) is 8.42 Å². The summed E-state index contributed by atoms with van der Waals surface area (Å²) in [5.74, 6) is -0.0174. The summed E-state index contributed by atoms with van der Waals surface area (Å²) in [6, 6.07) is 15.4. The van der Waals surface area contributed by atoms with Crippen LogP contribution in [0.15, 0.2) is 59.5 Å². The Morgan fingerprint density at radius 2 is 1.52 bits per heavy atom. The van der Waals surface area contributed by atoms with Crippen LogP contribution in [-0.4, -0.2) is 38.9 Å². The Morgan fingerprint density at radius 3 is 2.07 bits per heavy atom. The van der Waals surface area contributed by atoms with Crippen LogP contribution < -0.4 is 4.31 Å². The lowest BCUT2D eigenvalue weighted by molar-refractivity contribution is 0.0761. The predicted octanol–water partition coefficient (Wildman–Crippen LogP) is 3.92. The zero-order valence-corrected chi connectivity index (χ0v) is 16.5. The normalized spacial score (nSPS) is 15.2. The number of rotatable bonds is 5. The van der Waals surface area contributed by atoms with Crippen LogP contribution >= 0.6 is 0 Å². The lowest BCUT2D eigenvalue weighted by Gasteiger charge is -2.23. The number of carbonyl (C=O) groups is 1. The summed E-state index contributed by atoms with van der Waals surface area (Å²) in [6.07, 6.45) is 4.38. The third-order valence-electron chi connectivity index (χ3n) is 4.91. The van der Waals surface area contributed by atoms with E-state index in [-0.39, 0.29) is 10.8 Å². The van der Waals surface area contributed by atoms with E-state index >= 15 is 0 Å². The molecule has 1 fully saturated rings. The quantitative estimate of drug-likeness (QED) is 0.783. The minimum atomic E-state index is -3.67. The van der Waals surface area contributed by atoms with Gasteiger partial charge in [0.05, 0.1) is 10.6 Å². The molecule has 0 unspecified atom stereocenters. The standard InChI is InChI=1S/C21H26N2O3S/c1-2-23(19-10-6-5-7-11-19)27(25,26)20-14-12-18(13-15-20)21(24)22-16-8-3-4-9-17-22/h5-7,10-15H,2-4,8-9,16-17H2,1H3. The SMILES string of the molecule is CCN(c1ccccc1)S(=O)(=O)c1ccc(C(=O)N2CCCCCC2)cc1. The number of sulfonamides is 1. The fraction of sp³-hybridized carbons (Fsp3) is 0.381. The summed E-state index contributed by atoms with van der Waals surface area (Å²) in [5.41, 5.74) is 1.17. The highest BCUT2D eigenvalue weighted by molar-refractivity contribution is 7.92. The van der Waals surface area contributed by atoms with Crippen LogP contribution in [0.3, 0.4) is 0 Å². The van der Waals surface area contributed by atoms with Crippen molar-refractivity contribution >= 4 is 21.6 Å². The fourth-order valence-electron chi connectivity index (χ4n) is 3.44. The summed E-state index contributed by atoms with van der Waals surface area (Å²) in [7, 11) is -3.67. The lowest BCUT2D eigenvalue weighted by atomic mass is 10.2. The monoisotopic (exact) mass is 386 g/mol. The average molecular weight is 387 g/mol. The first-order valence-corrected chi connectivity index (χ1v) is 10.9. The van der Waals surface area contributed by atoms with E-state index in [0.29, 0.717) is 17.8 Å². The Hall–Kier alpha value is -2.34. The van der Waals surface area contributed by atoms with Crippen molar-refractivity contribution in [2.24, 2.45) is 0 Å². The molecule has 1 aliphatic heterocycles. The largest absolute Gasteiger partial charge is 0.339 e. The van der Waals surface area contributed by atoms with Gasteiger partial charge in [0.2, 0.25) is 0 Å². The Kier molecular flexibility index (Phi) is 6.16. The molecule has 5 nitrogen and oxygen atoms in total. The molecule has 0 bridgehead atoms. The van der Waals surface area contributed by atoms with Crippen LogP contribution in [0.4, 0.5) is 5.69 Å². The van der Waals surface area contributed by atoms with Crippen molar-refractivity contribution in [3.05, 3.63) is 60.2 Å². The van der Waals surface area contributed by atoms with Gasteiger partial charge in [-0.3, -0.25) is 9.10 Å². The first-order valence-electron chi connectivity index (χ1n) is 9.51. The maximum Gasteiger partial charge on any atom is 0.264 e.